The number of carbonyl (C=O) groups is 2. The van der Waals surface area contributed by atoms with Gasteiger partial charge < -0.3 is 25.4 Å². The summed E-state index contributed by atoms with van der Waals surface area (Å²) in [5, 5.41) is 2.85. The second-order valence-electron chi connectivity index (χ2n) is 8.78. The lowest BCUT2D eigenvalue weighted by Gasteiger charge is -2.36. The number of carbonyl (C=O) groups excluding carboxylic acids is 2. The summed E-state index contributed by atoms with van der Waals surface area (Å²) >= 11 is 6.70. The number of benzene rings is 1. The Morgan fingerprint density at radius 2 is 2.11 bits per heavy atom. The van der Waals surface area contributed by atoms with Crippen molar-refractivity contribution in [3.8, 4) is 11.6 Å². The van der Waals surface area contributed by atoms with E-state index in [1.54, 1.807) is 31.3 Å². The minimum absolute atomic E-state index is 0.00464. The topological polar surface area (TPSA) is 123 Å². The highest BCUT2D eigenvalue weighted by atomic mass is 35.5. The molecule has 1 aliphatic heterocycles. The lowest BCUT2D eigenvalue weighted by molar-refractivity contribution is -0.113. The zero-order valence-corrected chi connectivity index (χ0v) is 22.1. The molecular formula is C27H31ClN6O4. The molecule has 4 rings (SSSR count). The van der Waals surface area contributed by atoms with E-state index in [1.807, 2.05) is 25.2 Å². The van der Waals surface area contributed by atoms with Gasteiger partial charge in [-0.05, 0) is 36.8 Å². The van der Waals surface area contributed by atoms with Gasteiger partial charge in [-0.25, -0.2) is 4.98 Å². The first kappa shape index (κ1) is 27.3. The van der Waals surface area contributed by atoms with Crippen molar-refractivity contribution < 1.29 is 19.1 Å². The molecule has 2 unspecified atom stereocenters. The van der Waals surface area contributed by atoms with Gasteiger partial charge in [-0.15, -0.1) is 11.6 Å². The number of nitrogens with one attached hydrogen (secondary N) is 1. The molecule has 1 aliphatic carbocycles. The molecule has 2 amide bonds. The number of anilines is 2. The number of amides is 2. The third-order valence-electron chi connectivity index (χ3n) is 6.29. The molecule has 200 valence electrons. The fourth-order valence-electron chi connectivity index (χ4n) is 4.21. The number of hydrogen-bond donors (Lipinski definition) is 2. The van der Waals surface area contributed by atoms with E-state index in [-0.39, 0.29) is 34.7 Å². The lowest BCUT2D eigenvalue weighted by atomic mass is 10.0. The average Bonchev–Trinajstić information content (AvgIpc) is 2.93. The molecule has 2 aromatic rings. The summed E-state index contributed by atoms with van der Waals surface area (Å²) in [5.41, 5.74) is 7.37. The van der Waals surface area contributed by atoms with Crippen molar-refractivity contribution in [3.63, 3.8) is 0 Å². The Labute approximate surface area is 226 Å². The van der Waals surface area contributed by atoms with Crippen LogP contribution < -0.4 is 20.7 Å². The quantitative estimate of drug-likeness (QED) is 0.368. The first-order valence-corrected chi connectivity index (χ1v) is 12.8. The summed E-state index contributed by atoms with van der Waals surface area (Å²) in [6.07, 6.45) is 7.48. The van der Waals surface area contributed by atoms with Crippen molar-refractivity contribution >= 4 is 34.9 Å². The number of morpholine rings is 1. The van der Waals surface area contributed by atoms with Crippen LogP contribution in [0.3, 0.4) is 0 Å². The standard InChI is InChI=1S/C27H31ClN6O4/c1-4-21-27(38-19-8-6-7-18(16-19)33(3)23(35)5-2)32-26(24(31-21)25(29)36)30-17-9-10-22(20(28)15-17)34-11-13-37-14-12-34/h5-10,15-16,20,22H,2,4,11-14H2,1,3H3,(H2,29,36)(H,30,32). The molecule has 0 spiro atoms. The van der Waals surface area contributed by atoms with Crippen LogP contribution in [0.2, 0.25) is 0 Å². The number of rotatable bonds is 9. The average molecular weight is 539 g/mol. The lowest BCUT2D eigenvalue weighted by Crippen LogP contribution is -2.47. The second kappa shape index (κ2) is 12.2. The van der Waals surface area contributed by atoms with E-state index in [1.165, 1.54) is 11.0 Å². The fraction of sp³-hybridized carbons (Fsp3) is 0.333. The largest absolute Gasteiger partial charge is 0.437 e. The SMILES string of the molecule is C=CC(=O)N(C)c1cccc(Oc2nc(NC3=CC(Cl)C(N4CCOCC4)C=C3)c(C(N)=O)nc2CC)c1. The molecule has 1 fully saturated rings. The van der Waals surface area contributed by atoms with Crippen molar-refractivity contribution in [2.24, 2.45) is 5.73 Å². The van der Waals surface area contributed by atoms with Crippen molar-refractivity contribution in [3.05, 3.63) is 72.2 Å². The van der Waals surface area contributed by atoms with Crippen LogP contribution in [0.5, 0.6) is 11.6 Å². The third-order valence-corrected chi connectivity index (χ3v) is 6.68. The molecule has 1 aromatic heterocycles. The number of likely N-dealkylation sites (N-methyl/N-ethyl adjacent to an activating group) is 1. The minimum atomic E-state index is -0.721. The van der Waals surface area contributed by atoms with Crippen LogP contribution >= 0.6 is 11.6 Å². The Hall–Kier alpha value is -3.73. The molecule has 10 nitrogen and oxygen atoms in total. The molecule has 3 N–H and O–H groups in total. The highest BCUT2D eigenvalue weighted by molar-refractivity contribution is 6.22. The number of nitrogens with two attached hydrogens (primary N) is 1. The number of aromatic nitrogens is 2. The predicted octanol–water partition coefficient (Wildman–Crippen LogP) is 3.25. The molecule has 0 bridgehead atoms. The van der Waals surface area contributed by atoms with Gasteiger partial charge in [-0.3, -0.25) is 14.5 Å². The maximum absolute atomic E-state index is 12.2. The van der Waals surface area contributed by atoms with Gasteiger partial charge >= 0.3 is 0 Å². The van der Waals surface area contributed by atoms with Crippen LogP contribution in [-0.2, 0) is 16.0 Å². The van der Waals surface area contributed by atoms with Crippen molar-refractivity contribution in [2.45, 2.75) is 24.8 Å². The van der Waals surface area contributed by atoms with E-state index in [0.717, 1.165) is 13.1 Å². The summed E-state index contributed by atoms with van der Waals surface area (Å²) < 4.78 is 11.5. The third kappa shape index (κ3) is 6.21. The van der Waals surface area contributed by atoms with Crippen LogP contribution in [-0.4, -0.2) is 71.5 Å². The first-order chi connectivity index (χ1) is 18.3. The summed E-state index contributed by atoms with van der Waals surface area (Å²) in [5.74, 6) is -0.162. The molecule has 1 aromatic carbocycles. The molecule has 2 aliphatic rings. The molecule has 11 heteroatoms. The van der Waals surface area contributed by atoms with E-state index >= 15 is 0 Å². The Bertz CT molecular complexity index is 1270. The van der Waals surface area contributed by atoms with Gasteiger partial charge in [-0.1, -0.05) is 25.6 Å². The Kier molecular flexibility index (Phi) is 8.77. The molecular weight excluding hydrogens is 508 g/mol. The summed E-state index contributed by atoms with van der Waals surface area (Å²) in [6, 6.07) is 7.01. The van der Waals surface area contributed by atoms with Gasteiger partial charge in [0.05, 0.1) is 18.6 Å². The van der Waals surface area contributed by atoms with E-state index in [4.69, 9.17) is 26.8 Å². The zero-order valence-electron chi connectivity index (χ0n) is 21.4. The monoisotopic (exact) mass is 538 g/mol. The number of nitrogens with zero attached hydrogens (tertiary/aromatic N) is 4. The van der Waals surface area contributed by atoms with Crippen molar-refractivity contribution in [1.82, 2.24) is 14.9 Å². The summed E-state index contributed by atoms with van der Waals surface area (Å²) in [7, 11) is 1.64. The van der Waals surface area contributed by atoms with Gasteiger partial charge in [0.1, 0.15) is 11.4 Å². The predicted molar refractivity (Wildman–Crippen MR) is 147 cm³/mol. The highest BCUT2D eigenvalue weighted by Crippen LogP contribution is 2.30. The Morgan fingerprint density at radius 1 is 1.34 bits per heavy atom. The molecule has 0 radical (unpaired) electrons. The van der Waals surface area contributed by atoms with Gasteiger partial charge in [0.25, 0.3) is 5.91 Å². The molecule has 38 heavy (non-hydrogen) atoms. The van der Waals surface area contributed by atoms with Crippen LogP contribution in [0.1, 0.15) is 23.1 Å². The van der Waals surface area contributed by atoms with Gasteiger partial charge in [0, 0.05) is 43.6 Å². The first-order valence-electron chi connectivity index (χ1n) is 12.3. The van der Waals surface area contributed by atoms with Crippen LogP contribution in [0.25, 0.3) is 0 Å². The number of aryl methyl sites for hydroxylation is 1. The summed E-state index contributed by atoms with van der Waals surface area (Å²) in [6.45, 7) is 8.37. The van der Waals surface area contributed by atoms with E-state index < -0.39 is 5.91 Å². The normalized spacial score (nSPS) is 19.4. The van der Waals surface area contributed by atoms with Gasteiger partial charge in [-0.2, -0.15) is 4.98 Å². The molecule has 1 saturated heterocycles. The molecule has 2 atom stereocenters. The number of primary amides is 1. The molecule has 2 heterocycles. The maximum atomic E-state index is 12.2. The second-order valence-corrected chi connectivity index (χ2v) is 9.28. The zero-order chi connectivity index (χ0) is 27.2. The maximum Gasteiger partial charge on any atom is 0.271 e. The van der Waals surface area contributed by atoms with E-state index in [9.17, 15) is 9.59 Å². The molecule has 0 saturated carbocycles. The van der Waals surface area contributed by atoms with Crippen LogP contribution in [0.15, 0.2) is 60.8 Å². The number of hydrogen-bond acceptors (Lipinski definition) is 8. The number of ether oxygens (including phenoxy) is 2. The minimum Gasteiger partial charge on any atom is -0.437 e. The van der Waals surface area contributed by atoms with Crippen molar-refractivity contribution in [2.75, 3.05) is 43.6 Å². The van der Waals surface area contributed by atoms with Gasteiger partial charge in [0.2, 0.25) is 11.8 Å². The van der Waals surface area contributed by atoms with Crippen LogP contribution in [0.4, 0.5) is 11.5 Å². The number of allylic oxidation sites excluding steroid dienone is 1. The fourth-order valence-corrected chi connectivity index (χ4v) is 4.59. The number of halogens is 1. The van der Waals surface area contributed by atoms with Crippen molar-refractivity contribution in [1.29, 1.82) is 0 Å². The van der Waals surface area contributed by atoms with E-state index in [2.05, 4.69) is 26.8 Å². The number of alkyl halides is 1. The van der Waals surface area contributed by atoms with Gasteiger partial charge in [0.15, 0.2) is 11.5 Å². The Morgan fingerprint density at radius 3 is 2.76 bits per heavy atom. The smallest absolute Gasteiger partial charge is 0.271 e. The summed E-state index contributed by atoms with van der Waals surface area (Å²) in [4.78, 5) is 37.0. The van der Waals surface area contributed by atoms with Crippen LogP contribution in [0, 0.1) is 0 Å². The highest BCUT2D eigenvalue weighted by Gasteiger charge is 2.27. The van der Waals surface area contributed by atoms with E-state index in [0.29, 0.717) is 42.5 Å². The Balaban J connectivity index is 1.60.